The summed E-state index contributed by atoms with van der Waals surface area (Å²) >= 11 is 5.28. The molecule has 0 fully saturated rings. The van der Waals surface area contributed by atoms with Crippen molar-refractivity contribution in [1.82, 2.24) is 0 Å². The summed E-state index contributed by atoms with van der Waals surface area (Å²) < 4.78 is 11.9. The fourth-order valence-corrected chi connectivity index (χ4v) is 3.36. The maximum absolute atomic E-state index is 12.4. The van der Waals surface area contributed by atoms with Gasteiger partial charge in [0.2, 0.25) is 0 Å². The predicted molar refractivity (Wildman–Crippen MR) is 115 cm³/mol. The van der Waals surface area contributed by atoms with E-state index in [9.17, 15) is 14.9 Å². The van der Waals surface area contributed by atoms with Crippen molar-refractivity contribution in [2.75, 3.05) is 19.0 Å². The Morgan fingerprint density at radius 3 is 2.71 bits per heavy atom. The number of carbonyl (C=O) groups is 2. The van der Waals surface area contributed by atoms with E-state index >= 15 is 0 Å². The molecule has 1 amide bonds. The van der Waals surface area contributed by atoms with Gasteiger partial charge in [0.1, 0.15) is 11.6 Å². The molecule has 0 heterocycles. The number of rotatable bonds is 7. The molecular formula is C19H14BrIN2O5. The molecule has 7 nitrogen and oxygen atoms in total. The highest BCUT2D eigenvalue weighted by Crippen LogP contribution is 2.34. The monoisotopic (exact) mass is 556 g/mol. The molecule has 0 aliphatic rings. The van der Waals surface area contributed by atoms with Gasteiger partial charge in [-0.15, -0.1) is 0 Å². The first-order valence-electron chi connectivity index (χ1n) is 7.75. The van der Waals surface area contributed by atoms with Crippen LogP contribution < -0.4 is 14.8 Å². The van der Waals surface area contributed by atoms with Crippen LogP contribution in [0.15, 0.2) is 46.4 Å². The molecule has 144 valence electrons. The van der Waals surface area contributed by atoms with Gasteiger partial charge in [0, 0.05) is 10.2 Å². The lowest BCUT2D eigenvalue weighted by atomic mass is 10.1. The average molecular weight is 557 g/mol. The Kier molecular flexibility index (Phi) is 7.83. The minimum atomic E-state index is -1.11. The number of halogens is 2. The van der Waals surface area contributed by atoms with Crippen LogP contribution in [0.1, 0.15) is 5.56 Å². The van der Waals surface area contributed by atoms with Crippen LogP contribution in [0.4, 0.5) is 5.69 Å². The fourth-order valence-electron chi connectivity index (χ4n) is 2.18. The minimum absolute atomic E-state index is 0.1000. The van der Waals surface area contributed by atoms with Gasteiger partial charge >= 0.3 is 5.97 Å². The second-order valence-electron chi connectivity index (χ2n) is 5.35. The molecular weight excluding hydrogens is 543 g/mol. The van der Waals surface area contributed by atoms with Gasteiger partial charge < -0.3 is 19.9 Å². The van der Waals surface area contributed by atoms with Gasteiger partial charge in [-0.1, -0.05) is 22.0 Å². The van der Waals surface area contributed by atoms with E-state index in [2.05, 4.69) is 21.2 Å². The number of methoxy groups -OCH3 is 1. The summed E-state index contributed by atoms with van der Waals surface area (Å²) in [5.41, 5.74) is 0.979. The van der Waals surface area contributed by atoms with E-state index in [0.29, 0.717) is 20.6 Å². The van der Waals surface area contributed by atoms with Crippen molar-refractivity contribution in [3.05, 3.63) is 55.6 Å². The van der Waals surface area contributed by atoms with Crippen molar-refractivity contribution in [1.29, 1.82) is 5.26 Å². The number of anilines is 1. The van der Waals surface area contributed by atoms with Gasteiger partial charge in [-0.2, -0.15) is 5.26 Å². The number of nitrogens with zero attached hydrogens (tertiary/aromatic N) is 1. The Morgan fingerprint density at radius 2 is 2.11 bits per heavy atom. The molecule has 9 heteroatoms. The Balaban J connectivity index is 2.30. The van der Waals surface area contributed by atoms with Crippen molar-refractivity contribution < 1.29 is 24.2 Å². The topological polar surface area (TPSA) is 109 Å². The average Bonchev–Trinajstić information content (AvgIpc) is 2.64. The Bertz CT molecular complexity index is 985. The van der Waals surface area contributed by atoms with Gasteiger partial charge in [-0.25, -0.2) is 4.79 Å². The first-order chi connectivity index (χ1) is 13.3. The van der Waals surface area contributed by atoms with E-state index in [1.165, 1.54) is 13.2 Å². The lowest BCUT2D eigenvalue weighted by Gasteiger charge is -2.12. The number of amides is 1. The summed E-state index contributed by atoms with van der Waals surface area (Å²) in [5, 5.41) is 20.8. The number of benzene rings is 2. The maximum atomic E-state index is 12.4. The van der Waals surface area contributed by atoms with Gasteiger partial charge in [0.15, 0.2) is 18.1 Å². The third kappa shape index (κ3) is 5.97. The highest BCUT2D eigenvalue weighted by Gasteiger charge is 2.15. The normalized spacial score (nSPS) is 10.7. The quantitative estimate of drug-likeness (QED) is 0.302. The van der Waals surface area contributed by atoms with E-state index in [1.807, 2.05) is 34.7 Å². The van der Waals surface area contributed by atoms with Gasteiger partial charge in [-0.05, 0) is 64.6 Å². The molecule has 0 aromatic heterocycles. The highest BCUT2D eigenvalue weighted by molar-refractivity contribution is 14.1. The molecule has 0 bridgehead atoms. The molecule has 0 saturated heterocycles. The maximum Gasteiger partial charge on any atom is 0.341 e. The second kappa shape index (κ2) is 10.1. The second-order valence-corrected chi connectivity index (χ2v) is 7.43. The van der Waals surface area contributed by atoms with E-state index in [-0.39, 0.29) is 11.3 Å². The molecule has 2 aromatic rings. The number of ether oxygens (including phenoxy) is 2. The molecule has 2 rings (SSSR count). The fraction of sp³-hybridized carbons (Fsp3) is 0.105. The molecule has 0 unspecified atom stereocenters. The lowest BCUT2D eigenvalue weighted by Crippen LogP contribution is -2.13. The molecule has 2 N–H and O–H groups in total. The zero-order valence-electron chi connectivity index (χ0n) is 14.5. The summed E-state index contributed by atoms with van der Waals surface area (Å²) in [6.07, 6.45) is 1.42. The van der Waals surface area contributed by atoms with E-state index < -0.39 is 18.5 Å². The molecule has 0 saturated carbocycles. The van der Waals surface area contributed by atoms with Crippen molar-refractivity contribution in [2.45, 2.75) is 0 Å². The summed E-state index contributed by atoms with van der Waals surface area (Å²) in [6, 6.07) is 12.1. The molecule has 0 radical (unpaired) electrons. The van der Waals surface area contributed by atoms with Crippen LogP contribution in [0.3, 0.4) is 0 Å². The minimum Gasteiger partial charge on any atom is -0.493 e. The Hall–Kier alpha value is -2.58. The van der Waals surface area contributed by atoms with E-state index in [0.717, 1.165) is 4.47 Å². The predicted octanol–water partition coefficient (Wildman–Crippen LogP) is 4.07. The number of carboxylic acids is 1. The van der Waals surface area contributed by atoms with Crippen LogP contribution in [-0.4, -0.2) is 30.7 Å². The van der Waals surface area contributed by atoms with Gasteiger partial charge in [0.05, 0.1) is 10.7 Å². The van der Waals surface area contributed by atoms with Crippen LogP contribution in [0.2, 0.25) is 0 Å². The van der Waals surface area contributed by atoms with Crippen LogP contribution in [-0.2, 0) is 9.59 Å². The van der Waals surface area contributed by atoms with E-state index in [4.69, 9.17) is 14.6 Å². The van der Waals surface area contributed by atoms with Gasteiger partial charge in [0.25, 0.3) is 5.91 Å². The number of nitriles is 1. The third-order valence-electron chi connectivity index (χ3n) is 3.35. The molecule has 2 aromatic carbocycles. The molecule has 0 aliphatic heterocycles. The molecule has 0 atom stereocenters. The molecule has 28 heavy (non-hydrogen) atoms. The zero-order chi connectivity index (χ0) is 20.7. The zero-order valence-corrected chi connectivity index (χ0v) is 18.3. The van der Waals surface area contributed by atoms with Crippen LogP contribution in [0.5, 0.6) is 11.5 Å². The SMILES string of the molecule is COc1cc(/C=C(/C#N)C(=O)Nc2cccc(Br)c2)cc(I)c1OCC(=O)O. The Labute approximate surface area is 183 Å². The van der Waals surface area contributed by atoms with Crippen LogP contribution in [0, 0.1) is 14.9 Å². The van der Waals surface area contributed by atoms with Crippen molar-refractivity contribution >= 4 is 62.2 Å². The van der Waals surface area contributed by atoms with Crippen molar-refractivity contribution in [3.8, 4) is 17.6 Å². The number of carboxylic acid groups (broad SMARTS) is 1. The summed E-state index contributed by atoms with van der Waals surface area (Å²) in [4.78, 5) is 23.1. The van der Waals surface area contributed by atoms with Crippen LogP contribution in [0.25, 0.3) is 6.08 Å². The first-order valence-corrected chi connectivity index (χ1v) is 9.62. The van der Waals surface area contributed by atoms with Crippen molar-refractivity contribution in [2.24, 2.45) is 0 Å². The summed E-state index contributed by atoms with van der Waals surface area (Å²) in [5.74, 6) is -1.09. The van der Waals surface area contributed by atoms with E-state index in [1.54, 1.807) is 30.3 Å². The lowest BCUT2D eigenvalue weighted by molar-refractivity contribution is -0.139. The first kappa shape index (κ1) is 21.7. The Morgan fingerprint density at radius 1 is 1.36 bits per heavy atom. The number of hydrogen-bond acceptors (Lipinski definition) is 5. The summed E-state index contributed by atoms with van der Waals surface area (Å²) in [7, 11) is 1.41. The number of carbonyl (C=O) groups excluding carboxylic acids is 1. The number of hydrogen-bond donors (Lipinski definition) is 2. The molecule has 0 aliphatic carbocycles. The van der Waals surface area contributed by atoms with Crippen molar-refractivity contribution in [3.63, 3.8) is 0 Å². The number of nitrogens with one attached hydrogen (secondary N) is 1. The van der Waals surface area contributed by atoms with Crippen LogP contribution >= 0.6 is 38.5 Å². The highest BCUT2D eigenvalue weighted by atomic mass is 127. The third-order valence-corrected chi connectivity index (χ3v) is 4.64. The largest absolute Gasteiger partial charge is 0.493 e. The standard InChI is InChI=1S/C19H14BrIN2O5/c1-27-16-7-11(6-15(21)18(16)28-10-17(24)25)5-12(9-22)19(26)23-14-4-2-3-13(20)8-14/h2-8H,10H2,1H3,(H,23,26)(H,24,25)/b12-5-. The molecule has 0 spiro atoms. The number of aliphatic carboxylic acids is 1. The smallest absolute Gasteiger partial charge is 0.341 e. The summed E-state index contributed by atoms with van der Waals surface area (Å²) in [6.45, 7) is -0.514. The van der Waals surface area contributed by atoms with Gasteiger partial charge in [-0.3, -0.25) is 4.79 Å².